The zero-order chi connectivity index (χ0) is 34.5. The van der Waals surface area contributed by atoms with Gasteiger partial charge in [0.2, 0.25) is 0 Å². The Balaban J connectivity index is 1.60. The molecule has 11 nitrogen and oxygen atoms in total. The monoisotopic (exact) mass is 688 g/mol. The first-order valence-corrected chi connectivity index (χ1v) is 16.6. The standard InChI is InChI=1S/C35H38Cl2N8O3/c1-34(2,3)18-42-29-21(15-38)16-41-30-26(29)10-22(11-27(30)37)45(33(47)48-19-36)31(28(39)17-44(40)35-12-20(13-35)14-35)24-6-5-7-25-23(24)8-9-43(4)32(25)46/h5-11,16-17,20,31H,12-14,18-19,39-40H2,1-4H3,(H,41,42)/b28-17-/t20?,31-,35?/m0/s1. The van der Waals surface area contributed by atoms with E-state index in [1.807, 2.05) is 12.1 Å². The van der Waals surface area contributed by atoms with Crippen molar-refractivity contribution in [3.05, 3.63) is 87.2 Å². The van der Waals surface area contributed by atoms with E-state index >= 15 is 0 Å². The quantitative estimate of drug-likeness (QED) is 0.102. The van der Waals surface area contributed by atoms with Crippen LogP contribution in [0.15, 0.2) is 65.5 Å². The van der Waals surface area contributed by atoms with Crippen LogP contribution in [0.5, 0.6) is 0 Å². The Hall–Kier alpha value is -4.50. The Bertz CT molecular complexity index is 2050. The highest BCUT2D eigenvalue weighted by Gasteiger charge is 2.59. The van der Waals surface area contributed by atoms with E-state index in [4.69, 9.17) is 39.5 Å². The maximum absolute atomic E-state index is 14.1. The Morgan fingerprint density at radius 1 is 1.25 bits per heavy atom. The van der Waals surface area contributed by atoms with E-state index in [0.29, 0.717) is 56.6 Å². The molecular formula is C35H38Cl2N8O3. The first kappa shape index (κ1) is 33.4. The van der Waals surface area contributed by atoms with Gasteiger partial charge >= 0.3 is 6.09 Å². The maximum atomic E-state index is 14.1. The van der Waals surface area contributed by atoms with Crippen molar-refractivity contribution in [2.75, 3.05) is 22.8 Å². The highest BCUT2D eigenvalue weighted by molar-refractivity contribution is 6.36. The minimum absolute atomic E-state index is 0.121. The Morgan fingerprint density at radius 3 is 2.60 bits per heavy atom. The van der Waals surface area contributed by atoms with Crippen LogP contribution in [0.4, 0.5) is 16.2 Å². The van der Waals surface area contributed by atoms with Crippen LogP contribution in [0.3, 0.4) is 0 Å². The number of halogens is 2. The number of carbonyl (C=O) groups excluding carboxylic acids is 1. The molecule has 3 aliphatic rings. The third-order valence-corrected chi connectivity index (χ3v) is 9.74. The molecule has 0 aliphatic heterocycles. The van der Waals surface area contributed by atoms with Crippen molar-refractivity contribution in [3.8, 4) is 6.07 Å². The van der Waals surface area contributed by atoms with Crippen molar-refractivity contribution in [1.82, 2.24) is 14.6 Å². The number of nitrogens with one attached hydrogen (secondary N) is 1. The van der Waals surface area contributed by atoms with Gasteiger partial charge in [0.25, 0.3) is 5.56 Å². The second-order valence-corrected chi connectivity index (χ2v) is 14.6. The largest absolute Gasteiger partial charge is 0.433 e. The number of hydrogen-bond acceptors (Lipinski definition) is 9. The summed E-state index contributed by atoms with van der Waals surface area (Å²) in [6.45, 7) is 6.76. The third-order valence-electron chi connectivity index (χ3n) is 9.34. The zero-order valence-electron chi connectivity index (χ0n) is 27.3. The summed E-state index contributed by atoms with van der Waals surface area (Å²) in [4.78, 5) is 33.2. The molecule has 0 spiro atoms. The van der Waals surface area contributed by atoms with Crippen LogP contribution in [0, 0.1) is 22.7 Å². The van der Waals surface area contributed by atoms with Crippen LogP contribution in [0.1, 0.15) is 57.2 Å². The molecule has 1 atom stereocenters. The number of aromatic nitrogens is 2. The predicted octanol–water partition coefficient (Wildman–Crippen LogP) is 6.48. The van der Waals surface area contributed by atoms with E-state index < -0.39 is 18.2 Å². The fraction of sp³-hybridized carbons (Fsp3) is 0.371. The number of alkyl halides is 1. The summed E-state index contributed by atoms with van der Waals surface area (Å²) < 4.78 is 6.92. The number of ether oxygens (including phenoxy) is 1. The van der Waals surface area contributed by atoms with Crippen molar-refractivity contribution in [2.45, 2.75) is 51.6 Å². The number of benzene rings is 2. The molecule has 7 rings (SSSR count). The molecule has 250 valence electrons. The average Bonchev–Trinajstić information content (AvgIpc) is 2.98. The molecule has 1 amide bonds. The minimum Gasteiger partial charge on any atom is -0.433 e. The van der Waals surface area contributed by atoms with Crippen molar-refractivity contribution >= 4 is 62.3 Å². The number of nitrogens with two attached hydrogens (primary N) is 2. The molecule has 2 aromatic carbocycles. The molecule has 3 fully saturated rings. The number of aryl methyl sites for hydroxylation is 1. The summed E-state index contributed by atoms with van der Waals surface area (Å²) in [6.07, 6.45) is 6.90. The number of anilines is 2. The van der Waals surface area contributed by atoms with Gasteiger partial charge in [0, 0.05) is 43.0 Å². The van der Waals surface area contributed by atoms with Crippen molar-refractivity contribution < 1.29 is 9.53 Å². The molecule has 0 radical (unpaired) electrons. The van der Waals surface area contributed by atoms with Gasteiger partial charge in [-0.15, -0.1) is 0 Å². The van der Waals surface area contributed by atoms with Gasteiger partial charge < -0.3 is 25.4 Å². The van der Waals surface area contributed by atoms with Gasteiger partial charge in [-0.2, -0.15) is 5.26 Å². The summed E-state index contributed by atoms with van der Waals surface area (Å²) in [5, 5.41) is 16.8. The van der Waals surface area contributed by atoms with Gasteiger partial charge in [-0.05, 0) is 65.8 Å². The normalized spacial score (nSPS) is 19.2. The lowest BCUT2D eigenvalue weighted by Gasteiger charge is -2.65. The molecule has 5 N–H and O–H groups in total. The molecule has 0 saturated heterocycles. The van der Waals surface area contributed by atoms with E-state index in [1.165, 1.54) is 15.7 Å². The molecular weight excluding hydrogens is 651 g/mol. The number of hydrazine groups is 1. The van der Waals surface area contributed by atoms with Gasteiger partial charge in [0.1, 0.15) is 12.1 Å². The number of pyridine rings is 2. The van der Waals surface area contributed by atoms with Crippen LogP contribution in [-0.2, 0) is 11.8 Å². The zero-order valence-corrected chi connectivity index (χ0v) is 28.8. The van der Waals surface area contributed by atoms with Crippen LogP contribution < -0.4 is 27.4 Å². The molecule has 0 unspecified atom stereocenters. The van der Waals surface area contributed by atoms with E-state index in [2.05, 4.69) is 37.1 Å². The van der Waals surface area contributed by atoms with Gasteiger partial charge in [0.15, 0.2) is 6.07 Å². The number of carbonyl (C=O) groups is 1. The number of nitrogens with zero attached hydrogens (tertiary/aromatic N) is 5. The smallest absolute Gasteiger partial charge is 0.416 e. The molecule has 2 bridgehead atoms. The lowest BCUT2D eigenvalue weighted by molar-refractivity contribution is -0.124. The van der Waals surface area contributed by atoms with Gasteiger partial charge in [0.05, 0.1) is 38.7 Å². The second-order valence-electron chi connectivity index (χ2n) is 14.0. The topological polar surface area (TPSA) is 156 Å². The molecule has 13 heteroatoms. The molecule has 48 heavy (non-hydrogen) atoms. The summed E-state index contributed by atoms with van der Waals surface area (Å²) in [5.74, 6) is 7.28. The Labute approximate surface area is 288 Å². The molecule has 4 aromatic rings. The third kappa shape index (κ3) is 5.89. The number of hydrogen-bond donors (Lipinski definition) is 3. The SMILES string of the molecule is Cn1ccc2c([C@@H](/C(N)=C/N(N)C34CC(C3)C4)N(C(=O)OCCl)c3cc(Cl)c4ncc(C#N)c(NCC(C)(C)C)c4c3)cccc2c1=O. The lowest BCUT2D eigenvalue weighted by Crippen LogP contribution is -2.68. The van der Waals surface area contributed by atoms with Gasteiger partial charge in [-0.1, -0.05) is 56.1 Å². The van der Waals surface area contributed by atoms with E-state index in [0.717, 1.165) is 19.3 Å². The maximum Gasteiger partial charge on any atom is 0.416 e. The van der Waals surface area contributed by atoms with Gasteiger partial charge in [-0.3, -0.25) is 14.7 Å². The van der Waals surface area contributed by atoms with Crippen molar-refractivity contribution in [1.29, 1.82) is 5.26 Å². The first-order chi connectivity index (χ1) is 22.8. The fourth-order valence-electron chi connectivity index (χ4n) is 6.71. The van der Waals surface area contributed by atoms with Gasteiger partial charge in [-0.25, -0.2) is 10.6 Å². The summed E-state index contributed by atoms with van der Waals surface area (Å²) in [6, 6.07) is 11.2. The number of rotatable bonds is 9. The molecule has 3 aliphatic carbocycles. The van der Waals surface area contributed by atoms with E-state index in [9.17, 15) is 14.9 Å². The van der Waals surface area contributed by atoms with Crippen molar-refractivity contribution in [3.63, 3.8) is 0 Å². The van der Waals surface area contributed by atoms with Crippen LogP contribution >= 0.6 is 23.2 Å². The highest BCUT2D eigenvalue weighted by Crippen LogP contribution is 2.60. The van der Waals surface area contributed by atoms with Crippen LogP contribution in [0.2, 0.25) is 5.02 Å². The lowest BCUT2D eigenvalue weighted by atomic mass is 9.49. The molecule has 3 saturated carbocycles. The Morgan fingerprint density at radius 2 is 1.98 bits per heavy atom. The average molecular weight is 690 g/mol. The molecule has 2 aromatic heterocycles. The van der Waals surface area contributed by atoms with E-state index in [1.54, 1.807) is 48.7 Å². The van der Waals surface area contributed by atoms with Crippen molar-refractivity contribution in [2.24, 2.45) is 30.0 Å². The number of nitriles is 1. The van der Waals surface area contributed by atoms with E-state index in [-0.39, 0.29) is 27.2 Å². The van der Waals surface area contributed by atoms with Crippen LogP contribution in [0.25, 0.3) is 21.7 Å². The molecule has 2 heterocycles. The highest BCUT2D eigenvalue weighted by atomic mass is 35.5. The summed E-state index contributed by atoms with van der Waals surface area (Å²) in [5.41, 5.74) is 8.83. The first-order valence-electron chi connectivity index (χ1n) is 15.6. The fourth-order valence-corrected chi connectivity index (χ4v) is 7.07. The van der Waals surface area contributed by atoms with Crippen LogP contribution in [-0.4, -0.2) is 38.8 Å². The second kappa shape index (κ2) is 12.5. The predicted molar refractivity (Wildman–Crippen MR) is 189 cm³/mol. The Kier molecular flexibility index (Phi) is 8.70. The minimum atomic E-state index is -1.03. The summed E-state index contributed by atoms with van der Waals surface area (Å²) >= 11 is 12.9. The summed E-state index contributed by atoms with van der Waals surface area (Å²) in [7, 11) is 1.67. The number of amides is 1. The number of fused-ring (bicyclic) bond motifs is 2.